The molecule has 0 aliphatic heterocycles. The van der Waals surface area contributed by atoms with Crippen LogP contribution in [-0.2, 0) is 0 Å². The maximum atomic E-state index is 10.9. The average Bonchev–Trinajstić information content (AvgIpc) is 2.36. The monoisotopic (exact) mass is 262 g/mol. The predicted octanol–water partition coefficient (Wildman–Crippen LogP) is 2.68. The van der Waals surface area contributed by atoms with Gasteiger partial charge in [0, 0.05) is 5.69 Å². The second-order valence-electron chi connectivity index (χ2n) is 5.00. The van der Waals surface area contributed by atoms with E-state index >= 15 is 0 Å². The molecule has 5 nitrogen and oxygen atoms in total. The molecule has 102 valence electrons. The van der Waals surface area contributed by atoms with Gasteiger partial charge in [-0.05, 0) is 44.9 Å². The van der Waals surface area contributed by atoms with Crippen LogP contribution in [0.25, 0.3) is 0 Å². The molecule has 1 aromatic rings. The molecule has 3 N–H and O–H groups in total. The molecule has 1 aromatic carbocycles. The maximum absolute atomic E-state index is 10.9. The van der Waals surface area contributed by atoms with E-state index in [0.29, 0.717) is 12.4 Å². The first-order valence-electron chi connectivity index (χ1n) is 6.02. The Kier molecular flexibility index (Phi) is 4.76. The normalized spacial score (nSPS) is 10.8. The van der Waals surface area contributed by atoms with Crippen LogP contribution in [0.3, 0.4) is 0 Å². The topological polar surface area (TPSA) is 96.3 Å². The smallest absolute Gasteiger partial charge is 0.337 e. The molecule has 0 fully saturated rings. The van der Waals surface area contributed by atoms with E-state index in [1.165, 1.54) is 12.1 Å². The first-order valence-corrected chi connectivity index (χ1v) is 6.02. The predicted molar refractivity (Wildman–Crippen MR) is 71.9 cm³/mol. The molecule has 0 saturated carbocycles. The van der Waals surface area contributed by atoms with Crippen molar-refractivity contribution >= 4 is 11.7 Å². The standard InChI is InChI=1S/C14H18N2O3/c1-14(2,9-15)6-3-7-19-10-4-5-12(16)11(8-10)13(17)18/h4-5,8H,3,6-7,16H2,1-2H3,(H,17,18). The lowest BCUT2D eigenvalue weighted by Gasteiger charge is -2.15. The van der Waals surface area contributed by atoms with Gasteiger partial charge in [-0.15, -0.1) is 0 Å². The van der Waals surface area contributed by atoms with Crippen LogP contribution < -0.4 is 10.5 Å². The summed E-state index contributed by atoms with van der Waals surface area (Å²) in [5, 5.41) is 17.8. The Hall–Kier alpha value is -2.22. The lowest BCUT2D eigenvalue weighted by Crippen LogP contribution is -2.10. The molecule has 0 aliphatic rings. The molecule has 19 heavy (non-hydrogen) atoms. The number of carboxylic acid groups (broad SMARTS) is 1. The molecular formula is C14H18N2O3. The number of benzene rings is 1. The minimum Gasteiger partial charge on any atom is -0.494 e. The average molecular weight is 262 g/mol. The number of ether oxygens (including phenoxy) is 1. The molecular weight excluding hydrogens is 244 g/mol. The molecule has 0 spiro atoms. The van der Waals surface area contributed by atoms with Gasteiger partial charge in [-0.25, -0.2) is 4.79 Å². The summed E-state index contributed by atoms with van der Waals surface area (Å²) in [5.41, 5.74) is 5.43. The van der Waals surface area contributed by atoms with Gasteiger partial charge in [0.05, 0.1) is 23.7 Å². The Balaban J connectivity index is 2.53. The highest BCUT2D eigenvalue weighted by atomic mass is 16.5. The Bertz CT molecular complexity index is 504. The zero-order valence-corrected chi connectivity index (χ0v) is 11.1. The van der Waals surface area contributed by atoms with Gasteiger partial charge in [-0.2, -0.15) is 5.26 Å². The molecule has 0 heterocycles. The Labute approximate surface area is 112 Å². The van der Waals surface area contributed by atoms with Gasteiger partial charge in [-0.1, -0.05) is 0 Å². The zero-order valence-electron chi connectivity index (χ0n) is 11.1. The fraction of sp³-hybridized carbons (Fsp3) is 0.429. The lowest BCUT2D eigenvalue weighted by atomic mass is 9.90. The quantitative estimate of drug-likeness (QED) is 0.607. The lowest BCUT2D eigenvalue weighted by molar-refractivity contribution is 0.0697. The number of hydrogen-bond acceptors (Lipinski definition) is 4. The minimum absolute atomic E-state index is 0.0369. The van der Waals surface area contributed by atoms with Gasteiger partial charge >= 0.3 is 5.97 Å². The summed E-state index contributed by atoms with van der Waals surface area (Å²) in [7, 11) is 0. The molecule has 0 saturated heterocycles. The molecule has 0 unspecified atom stereocenters. The van der Waals surface area contributed by atoms with E-state index in [-0.39, 0.29) is 16.7 Å². The van der Waals surface area contributed by atoms with E-state index in [9.17, 15) is 4.79 Å². The molecule has 0 amide bonds. The largest absolute Gasteiger partial charge is 0.494 e. The van der Waals surface area contributed by atoms with E-state index in [0.717, 1.165) is 12.8 Å². The van der Waals surface area contributed by atoms with Gasteiger partial charge in [-0.3, -0.25) is 0 Å². The summed E-state index contributed by atoms with van der Waals surface area (Å²) < 4.78 is 5.46. The Morgan fingerprint density at radius 2 is 2.21 bits per heavy atom. The van der Waals surface area contributed by atoms with Crippen molar-refractivity contribution in [2.45, 2.75) is 26.7 Å². The minimum atomic E-state index is -1.08. The van der Waals surface area contributed by atoms with Crippen molar-refractivity contribution < 1.29 is 14.6 Å². The number of rotatable bonds is 6. The van der Waals surface area contributed by atoms with Crippen LogP contribution in [0.15, 0.2) is 18.2 Å². The van der Waals surface area contributed by atoms with Gasteiger partial charge < -0.3 is 15.6 Å². The van der Waals surface area contributed by atoms with Gasteiger partial charge in [0.25, 0.3) is 0 Å². The number of hydrogen-bond donors (Lipinski definition) is 2. The Morgan fingerprint density at radius 3 is 2.79 bits per heavy atom. The molecule has 0 atom stereocenters. The van der Waals surface area contributed by atoms with E-state index in [1.54, 1.807) is 6.07 Å². The SMILES string of the molecule is CC(C)(C#N)CCCOc1ccc(N)c(C(=O)O)c1. The molecule has 0 aliphatic carbocycles. The highest BCUT2D eigenvalue weighted by molar-refractivity contribution is 5.94. The van der Waals surface area contributed by atoms with Crippen molar-refractivity contribution in [3.63, 3.8) is 0 Å². The fourth-order valence-electron chi connectivity index (χ4n) is 1.57. The van der Waals surface area contributed by atoms with Crippen LogP contribution in [-0.4, -0.2) is 17.7 Å². The number of nitrogen functional groups attached to an aromatic ring is 1. The summed E-state index contributed by atoms with van der Waals surface area (Å²) in [6.45, 7) is 4.19. The maximum Gasteiger partial charge on any atom is 0.337 e. The van der Waals surface area contributed by atoms with Gasteiger partial charge in [0.1, 0.15) is 5.75 Å². The highest BCUT2D eigenvalue weighted by Gasteiger charge is 2.15. The van der Waals surface area contributed by atoms with Crippen molar-refractivity contribution in [1.29, 1.82) is 5.26 Å². The number of carboxylic acids is 1. The molecule has 0 radical (unpaired) electrons. The second-order valence-corrected chi connectivity index (χ2v) is 5.00. The molecule has 5 heteroatoms. The van der Waals surface area contributed by atoms with E-state index < -0.39 is 5.97 Å². The number of carbonyl (C=O) groups is 1. The summed E-state index contributed by atoms with van der Waals surface area (Å²) in [5.74, 6) is -0.602. The van der Waals surface area contributed by atoms with Crippen molar-refractivity contribution in [2.75, 3.05) is 12.3 Å². The third-order valence-electron chi connectivity index (χ3n) is 2.77. The van der Waals surface area contributed by atoms with Gasteiger partial charge in [0.2, 0.25) is 0 Å². The number of aromatic carboxylic acids is 1. The van der Waals surface area contributed by atoms with Crippen LogP contribution in [0.5, 0.6) is 5.75 Å². The van der Waals surface area contributed by atoms with Crippen LogP contribution in [0.2, 0.25) is 0 Å². The fourth-order valence-corrected chi connectivity index (χ4v) is 1.57. The molecule has 0 aromatic heterocycles. The van der Waals surface area contributed by atoms with Crippen molar-refractivity contribution in [3.05, 3.63) is 23.8 Å². The summed E-state index contributed by atoms with van der Waals surface area (Å²) >= 11 is 0. The Morgan fingerprint density at radius 1 is 1.53 bits per heavy atom. The summed E-state index contributed by atoms with van der Waals surface area (Å²) in [6, 6.07) is 6.78. The highest BCUT2D eigenvalue weighted by Crippen LogP contribution is 2.22. The first-order chi connectivity index (χ1) is 8.85. The van der Waals surface area contributed by atoms with Crippen LogP contribution in [0.1, 0.15) is 37.0 Å². The van der Waals surface area contributed by atoms with E-state index in [1.807, 2.05) is 13.8 Å². The number of nitrogens with two attached hydrogens (primary N) is 1. The van der Waals surface area contributed by atoms with Crippen LogP contribution >= 0.6 is 0 Å². The first kappa shape index (κ1) is 14.8. The number of anilines is 1. The molecule has 1 rings (SSSR count). The zero-order chi connectivity index (χ0) is 14.5. The third-order valence-corrected chi connectivity index (χ3v) is 2.77. The summed E-state index contributed by atoms with van der Waals surface area (Å²) in [6.07, 6.45) is 1.46. The van der Waals surface area contributed by atoms with Crippen molar-refractivity contribution in [2.24, 2.45) is 5.41 Å². The van der Waals surface area contributed by atoms with Crippen molar-refractivity contribution in [3.8, 4) is 11.8 Å². The van der Waals surface area contributed by atoms with Crippen molar-refractivity contribution in [1.82, 2.24) is 0 Å². The number of nitriles is 1. The second kappa shape index (κ2) is 6.10. The van der Waals surface area contributed by atoms with E-state index in [2.05, 4.69) is 6.07 Å². The number of nitrogens with zero attached hydrogens (tertiary/aromatic N) is 1. The molecule has 0 bridgehead atoms. The van der Waals surface area contributed by atoms with Gasteiger partial charge in [0.15, 0.2) is 0 Å². The van der Waals surface area contributed by atoms with Crippen LogP contribution in [0.4, 0.5) is 5.69 Å². The van der Waals surface area contributed by atoms with E-state index in [4.69, 9.17) is 20.8 Å². The summed E-state index contributed by atoms with van der Waals surface area (Å²) in [4.78, 5) is 10.9. The van der Waals surface area contributed by atoms with Crippen LogP contribution in [0, 0.1) is 16.7 Å². The third kappa shape index (κ3) is 4.51.